The lowest BCUT2D eigenvalue weighted by molar-refractivity contribution is -0.114. The highest BCUT2D eigenvalue weighted by atomic mass is 28.4. The fourth-order valence-electron chi connectivity index (χ4n) is 8.36. The number of fused-ring (bicyclic) bond motifs is 1. The van der Waals surface area contributed by atoms with Gasteiger partial charge in [-0.3, -0.25) is 0 Å². The van der Waals surface area contributed by atoms with Crippen LogP contribution in [0.1, 0.15) is 114 Å². The SMILES string of the molecule is CC[Si](CC)(CC)O[C@H]1CCC[C@]2(C)[C@@H]([C@@H](C)C(C=O)CCC(C)(C)O[Si](CC)(CC)CC)CC[C@@H]12. The van der Waals surface area contributed by atoms with E-state index >= 15 is 0 Å². The first-order valence-electron chi connectivity index (χ1n) is 15.8. The van der Waals surface area contributed by atoms with Gasteiger partial charge in [0.2, 0.25) is 0 Å². The summed E-state index contributed by atoms with van der Waals surface area (Å²) in [7, 11) is -3.26. The highest BCUT2D eigenvalue weighted by molar-refractivity contribution is 6.74. The Balaban J connectivity index is 2.11. The van der Waals surface area contributed by atoms with E-state index in [-0.39, 0.29) is 11.5 Å². The van der Waals surface area contributed by atoms with Gasteiger partial charge in [-0.25, -0.2) is 0 Å². The first kappa shape index (κ1) is 32.2. The summed E-state index contributed by atoms with van der Waals surface area (Å²) >= 11 is 0. The molecule has 0 bridgehead atoms. The standard InChI is InChI=1S/C31H62O3Si2/c1-11-35(12-2,13-3)33-29-18-17-22-31(10)27(19-20-28(29)31)25(7)26(24-32)21-23-30(8,9)34-36(14-4,15-5)16-6/h24-29H,11-23H2,1-10H3/t25-,26?,27+,28-,29-,31+/m0/s1. The van der Waals surface area contributed by atoms with Gasteiger partial charge in [-0.15, -0.1) is 0 Å². The molecule has 0 amide bonds. The first-order chi connectivity index (χ1) is 16.9. The Labute approximate surface area is 227 Å². The molecule has 1 unspecified atom stereocenters. The largest absolute Gasteiger partial charge is 0.414 e. The molecule has 0 heterocycles. The molecule has 36 heavy (non-hydrogen) atoms. The molecule has 0 aromatic carbocycles. The van der Waals surface area contributed by atoms with Crippen molar-refractivity contribution in [2.75, 3.05) is 0 Å². The summed E-state index contributed by atoms with van der Waals surface area (Å²) < 4.78 is 14.0. The zero-order valence-corrected chi connectivity index (χ0v) is 27.9. The average molecular weight is 539 g/mol. The lowest BCUT2D eigenvalue weighted by atomic mass is 9.60. The van der Waals surface area contributed by atoms with Crippen molar-refractivity contribution in [1.82, 2.24) is 0 Å². The zero-order chi connectivity index (χ0) is 27.2. The number of carbonyl (C=O) groups excluding carboxylic acids is 1. The van der Waals surface area contributed by atoms with Gasteiger partial charge in [-0.1, -0.05) is 61.8 Å². The zero-order valence-electron chi connectivity index (χ0n) is 25.9. The summed E-state index contributed by atoms with van der Waals surface area (Å²) in [4.78, 5) is 12.5. The fourth-order valence-corrected chi connectivity index (χ4v) is 14.5. The van der Waals surface area contributed by atoms with Crippen LogP contribution in [0.25, 0.3) is 0 Å². The van der Waals surface area contributed by atoms with Gasteiger partial charge in [0.05, 0.1) is 5.60 Å². The van der Waals surface area contributed by atoms with Crippen molar-refractivity contribution in [3.63, 3.8) is 0 Å². The maximum Gasteiger partial charge on any atom is 0.192 e. The van der Waals surface area contributed by atoms with Crippen molar-refractivity contribution < 1.29 is 13.6 Å². The van der Waals surface area contributed by atoms with E-state index in [1.54, 1.807) is 0 Å². The van der Waals surface area contributed by atoms with E-state index in [0.29, 0.717) is 29.3 Å². The molecule has 2 saturated carbocycles. The Hall–Kier alpha value is 0.0238. The third-order valence-electron chi connectivity index (χ3n) is 11.5. The van der Waals surface area contributed by atoms with E-state index in [2.05, 4.69) is 69.2 Å². The van der Waals surface area contributed by atoms with Crippen LogP contribution < -0.4 is 0 Å². The van der Waals surface area contributed by atoms with Crippen molar-refractivity contribution in [2.24, 2.45) is 29.1 Å². The maximum absolute atomic E-state index is 12.5. The highest BCUT2D eigenvalue weighted by Crippen LogP contribution is 2.59. The molecule has 212 valence electrons. The van der Waals surface area contributed by atoms with Gasteiger partial charge in [0, 0.05) is 12.0 Å². The minimum absolute atomic E-state index is 0.131. The quantitative estimate of drug-likeness (QED) is 0.145. The van der Waals surface area contributed by atoms with Crippen LogP contribution in [0.4, 0.5) is 0 Å². The van der Waals surface area contributed by atoms with Crippen LogP contribution in [0, 0.1) is 29.1 Å². The van der Waals surface area contributed by atoms with Crippen LogP contribution in [0.2, 0.25) is 36.3 Å². The monoisotopic (exact) mass is 538 g/mol. The number of hydrogen-bond acceptors (Lipinski definition) is 3. The van der Waals surface area contributed by atoms with Gasteiger partial charge < -0.3 is 13.6 Å². The minimum Gasteiger partial charge on any atom is -0.414 e. The number of aldehydes is 1. The molecule has 3 nitrogen and oxygen atoms in total. The molecule has 0 saturated heterocycles. The van der Waals surface area contributed by atoms with Crippen molar-refractivity contribution >= 4 is 22.9 Å². The Morgan fingerprint density at radius 3 is 1.97 bits per heavy atom. The Kier molecular flexibility index (Phi) is 12.0. The number of hydrogen-bond donors (Lipinski definition) is 0. The Morgan fingerprint density at radius 2 is 1.47 bits per heavy atom. The second-order valence-corrected chi connectivity index (χ2v) is 22.8. The van der Waals surface area contributed by atoms with Crippen LogP contribution in [0.3, 0.4) is 0 Å². The number of carbonyl (C=O) groups is 1. The molecule has 2 fully saturated rings. The van der Waals surface area contributed by atoms with Gasteiger partial charge in [0.1, 0.15) is 6.29 Å². The van der Waals surface area contributed by atoms with E-state index in [1.807, 2.05) is 0 Å². The van der Waals surface area contributed by atoms with Crippen molar-refractivity contribution in [3.8, 4) is 0 Å². The van der Waals surface area contributed by atoms with Crippen LogP contribution in [-0.4, -0.2) is 34.6 Å². The van der Waals surface area contributed by atoms with Gasteiger partial charge in [0.25, 0.3) is 0 Å². The molecule has 2 rings (SSSR count). The third-order valence-corrected chi connectivity index (χ3v) is 21.0. The van der Waals surface area contributed by atoms with Crippen LogP contribution >= 0.6 is 0 Å². The second kappa shape index (κ2) is 13.4. The molecule has 0 aromatic heterocycles. The second-order valence-electron chi connectivity index (χ2n) is 13.4. The smallest absolute Gasteiger partial charge is 0.192 e. The molecule has 0 aliphatic heterocycles. The maximum atomic E-state index is 12.5. The van der Waals surface area contributed by atoms with Crippen LogP contribution in [0.15, 0.2) is 0 Å². The Morgan fingerprint density at radius 1 is 0.917 bits per heavy atom. The van der Waals surface area contributed by atoms with Crippen molar-refractivity contribution in [2.45, 2.75) is 162 Å². The summed E-state index contributed by atoms with van der Waals surface area (Å²) in [6.45, 7) is 23.5. The summed E-state index contributed by atoms with van der Waals surface area (Å²) in [5, 5.41) is 0. The topological polar surface area (TPSA) is 35.5 Å². The van der Waals surface area contributed by atoms with Crippen molar-refractivity contribution in [3.05, 3.63) is 0 Å². The van der Waals surface area contributed by atoms with E-state index in [4.69, 9.17) is 8.85 Å². The molecular formula is C31H62O3Si2. The molecule has 5 heteroatoms. The molecule has 0 radical (unpaired) electrons. The normalized spacial score (nSPS) is 29.1. The van der Waals surface area contributed by atoms with Gasteiger partial charge in [0.15, 0.2) is 16.6 Å². The van der Waals surface area contributed by atoms with Crippen molar-refractivity contribution in [1.29, 1.82) is 0 Å². The van der Waals surface area contributed by atoms with Crippen LogP contribution in [0.5, 0.6) is 0 Å². The summed E-state index contributed by atoms with van der Waals surface area (Å²) in [6, 6.07) is 7.26. The molecule has 0 N–H and O–H groups in total. The molecule has 6 atom stereocenters. The lowest BCUT2D eigenvalue weighted by Crippen LogP contribution is -2.49. The van der Waals surface area contributed by atoms with Crippen LogP contribution in [-0.2, 0) is 13.6 Å². The highest BCUT2D eigenvalue weighted by Gasteiger charge is 2.54. The fraction of sp³-hybridized carbons (Fsp3) is 0.968. The first-order valence-corrected chi connectivity index (χ1v) is 20.8. The number of rotatable bonds is 16. The molecule has 0 spiro atoms. The minimum atomic E-state index is -1.66. The van der Waals surface area contributed by atoms with E-state index < -0.39 is 16.6 Å². The lowest BCUT2D eigenvalue weighted by Gasteiger charge is -2.49. The van der Waals surface area contributed by atoms with E-state index in [1.165, 1.54) is 74.7 Å². The van der Waals surface area contributed by atoms with E-state index in [0.717, 1.165) is 12.8 Å². The Bertz CT molecular complexity index is 656. The molecule has 0 aromatic rings. The molecule has 2 aliphatic carbocycles. The predicted molar refractivity (Wildman–Crippen MR) is 161 cm³/mol. The molecular weight excluding hydrogens is 477 g/mol. The average Bonchev–Trinajstić information content (AvgIpc) is 3.24. The summed E-state index contributed by atoms with van der Waals surface area (Å²) in [5.74, 6) is 1.87. The summed E-state index contributed by atoms with van der Waals surface area (Å²) in [5.41, 5.74) is 0.176. The predicted octanol–water partition coefficient (Wildman–Crippen LogP) is 9.62. The third kappa shape index (κ3) is 6.96. The van der Waals surface area contributed by atoms with E-state index in [9.17, 15) is 4.79 Å². The summed E-state index contributed by atoms with van der Waals surface area (Å²) in [6.07, 6.45) is 10.1. The van der Waals surface area contributed by atoms with Gasteiger partial charge >= 0.3 is 0 Å². The van der Waals surface area contributed by atoms with Gasteiger partial charge in [-0.05, 0) is 112 Å². The molecule has 2 aliphatic rings. The van der Waals surface area contributed by atoms with Gasteiger partial charge in [-0.2, -0.15) is 0 Å².